The lowest BCUT2D eigenvalue weighted by Crippen LogP contribution is -2.38. The topological polar surface area (TPSA) is 61.7 Å². The second-order valence-electron chi connectivity index (χ2n) is 7.86. The number of morpholine rings is 1. The van der Waals surface area contributed by atoms with Crippen molar-refractivity contribution in [3.8, 4) is 0 Å². The van der Waals surface area contributed by atoms with E-state index in [0.29, 0.717) is 5.92 Å². The zero-order chi connectivity index (χ0) is 19.2. The molecular formula is C22H30N4O2. The number of aliphatic hydroxyl groups excluding tert-OH is 1. The van der Waals surface area contributed by atoms with Gasteiger partial charge in [0.15, 0.2) is 0 Å². The maximum Gasteiger partial charge on any atom is 0.225 e. The first kappa shape index (κ1) is 19.3. The van der Waals surface area contributed by atoms with Gasteiger partial charge in [-0.25, -0.2) is 9.97 Å². The Morgan fingerprint density at radius 3 is 2.32 bits per heavy atom. The number of ether oxygens (including phenoxy) is 1. The number of anilines is 1. The molecule has 2 fully saturated rings. The number of aliphatic hydroxyl groups is 1. The molecule has 150 valence electrons. The number of likely N-dealkylation sites (tertiary alicyclic amines) is 1. The fourth-order valence-corrected chi connectivity index (χ4v) is 4.13. The molecule has 0 amide bonds. The monoisotopic (exact) mass is 382 g/mol. The molecular weight excluding hydrogens is 352 g/mol. The lowest BCUT2D eigenvalue weighted by Gasteiger charge is -2.34. The van der Waals surface area contributed by atoms with E-state index in [-0.39, 0.29) is 6.10 Å². The van der Waals surface area contributed by atoms with Crippen LogP contribution in [-0.2, 0) is 17.7 Å². The lowest BCUT2D eigenvalue weighted by molar-refractivity contribution is 0.0576. The molecule has 0 unspecified atom stereocenters. The van der Waals surface area contributed by atoms with Crippen LogP contribution in [0.1, 0.15) is 24.0 Å². The molecule has 3 heterocycles. The van der Waals surface area contributed by atoms with Crippen LogP contribution in [-0.4, -0.2) is 65.5 Å². The Kier molecular flexibility index (Phi) is 6.52. The minimum Gasteiger partial charge on any atom is -0.392 e. The summed E-state index contributed by atoms with van der Waals surface area (Å²) >= 11 is 0. The molecule has 28 heavy (non-hydrogen) atoms. The average Bonchev–Trinajstić information content (AvgIpc) is 2.76. The maximum absolute atomic E-state index is 10.6. The second kappa shape index (κ2) is 9.45. The minimum atomic E-state index is -0.249. The van der Waals surface area contributed by atoms with Crippen LogP contribution in [0.3, 0.4) is 0 Å². The highest BCUT2D eigenvalue weighted by Gasteiger charge is 2.25. The Morgan fingerprint density at radius 1 is 0.964 bits per heavy atom. The Balaban J connectivity index is 1.24. The summed E-state index contributed by atoms with van der Waals surface area (Å²) in [5.74, 6) is 1.19. The van der Waals surface area contributed by atoms with Crippen molar-refractivity contribution in [1.29, 1.82) is 0 Å². The predicted molar refractivity (Wildman–Crippen MR) is 109 cm³/mol. The van der Waals surface area contributed by atoms with Gasteiger partial charge in [0.05, 0.1) is 19.3 Å². The van der Waals surface area contributed by atoms with Gasteiger partial charge in [0.2, 0.25) is 5.95 Å². The molecule has 0 bridgehead atoms. The van der Waals surface area contributed by atoms with Crippen LogP contribution in [0.5, 0.6) is 0 Å². The van der Waals surface area contributed by atoms with Crippen molar-refractivity contribution in [1.82, 2.24) is 14.9 Å². The van der Waals surface area contributed by atoms with Crippen LogP contribution in [0.15, 0.2) is 42.7 Å². The average molecular weight is 383 g/mol. The number of nitrogens with zero attached hydrogens (tertiary/aromatic N) is 4. The van der Waals surface area contributed by atoms with Crippen molar-refractivity contribution in [2.75, 3.05) is 44.3 Å². The molecule has 1 atom stereocenters. The predicted octanol–water partition coefficient (Wildman–Crippen LogP) is 2.13. The number of hydrogen-bond acceptors (Lipinski definition) is 6. The van der Waals surface area contributed by atoms with E-state index in [0.717, 1.165) is 76.7 Å². The maximum atomic E-state index is 10.6. The number of aromatic nitrogens is 2. The Hall–Kier alpha value is -2.02. The van der Waals surface area contributed by atoms with Gasteiger partial charge in [-0.2, -0.15) is 0 Å². The van der Waals surface area contributed by atoms with E-state index in [4.69, 9.17) is 4.74 Å². The fourth-order valence-electron chi connectivity index (χ4n) is 4.13. The van der Waals surface area contributed by atoms with Crippen molar-refractivity contribution >= 4 is 5.95 Å². The Labute approximate surface area is 167 Å². The summed E-state index contributed by atoms with van der Waals surface area (Å²) in [4.78, 5) is 13.7. The highest BCUT2D eigenvalue weighted by Crippen LogP contribution is 2.24. The summed E-state index contributed by atoms with van der Waals surface area (Å²) in [5.41, 5.74) is 2.37. The number of hydrogen-bond donors (Lipinski definition) is 1. The van der Waals surface area contributed by atoms with Gasteiger partial charge in [0, 0.05) is 37.6 Å². The van der Waals surface area contributed by atoms with Crippen molar-refractivity contribution < 1.29 is 9.84 Å². The second-order valence-corrected chi connectivity index (χ2v) is 7.86. The smallest absolute Gasteiger partial charge is 0.225 e. The van der Waals surface area contributed by atoms with Gasteiger partial charge in [-0.3, -0.25) is 4.90 Å². The summed E-state index contributed by atoms with van der Waals surface area (Å²) in [6, 6.07) is 10.3. The van der Waals surface area contributed by atoms with Crippen LogP contribution >= 0.6 is 0 Å². The zero-order valence-corrected chi connectivity index (χ0v) is 16.4. The van der Waals surface area contributed by atoms with E-state index in [1.54, 1.807) is 0 Å². The van der Waals surface area contributed by atoms with Gasteiger partial charge in [-0.05, 0) is 43.8 Å². The molecule has 0 radical (unpaired) electrons. The summed E-state index contributed by atoms with van der Waals surface area (Å²) in [6.45, 7) is 6.12. The molecule has 0 spiro atoms. The standard InChI is InChI=1S/C22H30N4O2/c27-21(14-18-4-2-1-3-5-18)20-6-8-25(9-7-20)17-19-15-23-22(24-16-19)26-10-12-28-13-11-26/h1-5,15-16,20-21,27H,6-14,17H2/t21-/m1/s1. The number of rotatable bonds is 6. The van der Waals surface area contributed by atoms with E-state index in [1.807, 2.05) is 30.6 Å². The van der Waals surface area contributed by atoms with Crippen molar-refractivity contribution in [3.63, 3.8) is 0 Å². The third-order valence-electron chi connectivity index (χ3n) is 5.86. The largest absolute Gasteiger partial charge is 0.392 e. The summed E-state index contributed by atoms with van der Waals surface area (Å²) in [5, 5.41) is 10.6. The molecule has 1 aromatic heterocycles. The third kappa shape index (κ3) is 5.07. The van der Waals surface area contributed by atoms with Crippen molar-refractivity contribution in [2.24, 2.45) is 5.92 Å². The molecule has 2 saturated heterocycles. The molecule has 6 heteroatoms. The SMILES string of the molecule is O[C@H](Cc1ccccc1)C1CCN(Cc2cnc(N3CCOCC3)nc2)CC1. The number of piperidine rings is 1. The van der Waals surface area contributed by atoms with Crippen LogP contribution in [0.2, 0.25) is 0 Å². The first-order valence-electron chi connectivity index (χ1n) is 10.4. The van der Waals surface area contributed by atoms with Crippen LogP contribution < -0.4 is 4.90 Å². The van der Waals surface area contributed by atoms with Gasteiger partial charge >= 0.3 is 0 Å². The first-order chi connectivity index (χ1) is 13.8. The van der Waals surface area contributed by atoms with Crippen LogP contribution in [0.25, 0.3) is 0 Å². The summed E-state index contributed by atoms with van der Waals surface area (Å²) in [6.07, 6.45) is 6.49. The van der Waals surface area contributed by atoms with E-state index in [9.17, 15) is 5.11 Å². The first-order valence-corrected chi connectivity index (χ1v) is 10.4. The zero-order valence-electron chi connectivity index (χ0n) is 16.4. The third-order valence-corrected chi connectivity index (χ3v) is 5.86. The van der Waals surface area contributed by atoms with E-state index < -0.39 is 0 Å². The number of benzene rings is 1. The van der Waals surface area contributed by atoms with Gasteiger partial charge in [-0.1, -0.05) is 30.3 Å². The van der Waals surface area contributed by atoms with Crippen LogP contribution in [0, 0.1) is 5.92 Å². The molecule has 0 aliphatic carbocycles. The molecule has 0 saturated carbocycles. The molecule has 1 aromatic carbocycles. The Bertz CT molecular complexity index is 711. The molecule has 1 N–H and O–H groups in total. The Morgan fingerprint density at radius 2 is 1.64 bits per heavy atom. The lowest BCUT2D eigenvalue weighted by atomic mass is 9.88. The highest BCUT2D eigenvalue weighted by molar-refractivity contribution is 5.30. The van der Waals surface area contributed by atoms with Gasteiger partial charge in [0.1, 0.15) is 0 Å². The molecule has 6 nitrogen and oxygen atoms in total. The summed E-state index contributed by atoms with van der Waals surface area (Å²) in [7, 11) is 0. The molecule has 2 aromatic rings. The van der Waals surface area contributed by atoms with Gasteiger partial charge in [-0.15, -0.1) is 0 Å². The van der Waals surface area contributed by atoms with Gasteiger partial charge in [0.25, 0.3) is 0 Å². The van der Waals surface area contributed by atoms with E-state index in [2.05, 4.69) is 31.9 Å². The fraction of sp³-hybridized carbons (Fsp3) is 0.545. The quantitative estimate of drug-likeness (QED) is 0.826. The molecule has 2 aliphatic rings. The van der Waals surface area contributed by atoms with Crippen molar-refractivity contribution in [3.05, 3.63) is 53.9 Å². The molecule has 4 rings (SSSR count). The normalized spacial score (nSPS) is 20.2. The highest BCUT2D eigenvalue weighted by atomic mass is 16.5. The van der Waals surface area contributed by atoms with E-state index >= 15 is 0 Å². The van der Waals surface area contributed by atoms with E-state index in [1.165, 1.54) is 5.56 Å². The minimum absolute atomic E-state index is 0.249. The summed E-state index contributed by atoms with van der Waals surface area (Å²) < 4.78 is 5.38. The van der Waals surface area contributed by atoms with Gasteiger partial charge < -0.3 is 14.7 Å². The molecule has 2 aliphatic heterocycles. The van der Waals surface area contributed by atoms with Crippen LogP contribution in [0.4, 0.5) is 5.95 Å². The van der Waals surface area contributed by atoms with Crippen molar-refractivity contribution in [2.45, 2.75) is 31.9 Å².